The monoisotopic (exact) mass is 441 g/mol. The number of benzene rings is 1. The molecule has 0 saturated carbocycles. The maximum atomic E-state index is 16.0. The molecule has 3 rings (SSSR count). The Kier molecular flexibility index (Phi) is 6.81. The summed E-state index contributed by atoms with van der Waals surface area (Å²) in [4.78, 5) is 37.7. The summed E-state index contributed by atoms with van der Waals surface area (Å²) in [6.07, 6.45) is 1.30. The molecule has 1 aromatic heterocycles. The van der Waals surface area contributed by atoms with Crippen molar-refractivity contribution in [2.45, 2.75) is 51.2 Å². The van der Waals surface area contributed by atoms with Gasteiger partial charge in [-0.1, -0.05) is 37.3 Å². The van der Waals surface area contributed by atoms with E-state index in [1.165, 1.54) is 11.8 Å². The number of carbonyl (C=O) groups excluding carboxylic acids is 2. The average Bonchev–Trinajstić information content (AvgIpc) is 2.73. The standard InChI is InChI=1S/C24H32FN5O2/c1-17-26-20(14-21(27-17)29(4)5)23(3)12-9-13-30(16-23)22(32)24(25,28-18(2)31)15-19-10-7-6-8-11-19/h6-8,10-11,14H,9,12-13,15-16H2,1-5H3,(H,28,31)/t23-,24-/m0/s1. The van der Waals surface area contributed by atoms with E-state index < -0.39 is 23.0 Å². The molecule has 7 nitrogen and oxygen atoms in total. The maximum absolute atomic E-state index is 16.0. The lowest BCUT2D eigenvalue weighted by atomic mass is 9.78. The van der Waals surface area contributed by atoms with E-state index in [1.54, 1.807) is 24.3 Å². The van der Waals surface area contributed by atoms with Crippen molar-refractivity contribution in [3.05, 3.63) is 53.5 Å². The number of piperidine rings is 1. The minimum Gasteiger partial charge on any atom is -0.363 e. The Hall–Kier alpha value is -3.03. The number of carbonyl (C=O) groups is 2. The van der Waals surface area contributed by atoms with Gasteiger partial charge in [-0.3, -0.25) is 9.59 Å². The van der Waals surface area contributed by atoms with E-state index in [0.717, 1.165) is 17.9 Å². The van der Waals surface area contributed by atoms with Crippen LogP contribution in [0.4, 0.5) is 10.2 Å². The number of anilines is 1. The number of amides is 2. The lowest BCUT2D eigenvalue weighted by Crippen LogP contribution is -2.60. The van der Waals surface area contributed by atoms with Crippen molar-refractivity contribution in [3.63, 3.8) is 0 Å². The van der Waals surface area contributed by atoms with Gasteiger partial charge < -0.3 is 15.1 Å². The van der Waals surface area contributed by atoms with E-state index in [-0.39, 0.29) is 6.42 Å². The van der Waals surface area contributed by atoms with Crippen LogP contribution < -0.4 is 10.2 Å². The number of rotatable bonds is 6. The van der Waals surface area contributed by atoms with E-state index in [9.17, 15) is 9.59 Å². The van der Waals surface area contributed by atoms with E-state index in [2.05, 4.69) is 15.3 Å². The first-order valence-electron chi connectivity index (χ1n) is 10.9. The van der Waals surface area contributed by atoms with Gasteiger partial charge in [-0.05, 0) is 25.3 Å². The van der Waals surface area contributed by atoms with Crippen LogP contribution in [0.25, 0.3) is 0 Å². The van der Waals surface area contributed by atoms with Crippen LogP contribution in [-0.4, -0.2) is 59.7 Å². The molecule has 0 bridgehead atoms. The fourth-order valence-electron chi connectivity index (χ4n) is 4.29. The first-order valence-corrected chi connectivity index (χ1v) is 10.9. The van der Waals surface area contributed by atoms with Crippen LogP contribution in [0.15, 0.2) is 36.4 Å². The summed E-state index contributed by atoms with van der Waals surface area (Å²) >= 11 is 0. The highest BCUT2D eigenvalue weighted by Crippen LogP contribution is 2.35. The number of aromatic nitrogens is 2. The van der Waals surface area contributed by atoms with Crippen LogP contribution >= 0.6 is 0 Å². The maximum Gasteiger partial charge on any atom is 0.281 e. The molecule has 8 heteroatoms. The predicted molar refractivity (Wildman–Crippen MR) is 122 cm³/mol. The van der Waals surface area contributed by atoms with Crippen LogP contribution in [0.1, 0.15) is 43.8 Å². The molecule has 1 aliphatic heterocycles. The number of likely N-dealkylation sites (tertiary alicyclic amines) is 1. The van der Waals surface area contributed by atoms with Gasteiger partial charge in [-0.15, -0.1) is 0 Å². The van der Waals surface area contributed by atoms with Crippen molar-refractivity contribution in [1.29, 1.82) is 0 Å². The van der Waals surface area contributed by atoms with Gasteiger partial charge in [0.1, 0.15) is 11.6 Å². The summed E-state index contributed by atoms with van der Waals surface area (Å²) in [5.74, 6) is -2.38. The lowest BCUT2D eigenvalue weighted by molar-refractivity contribution is -0.152. The van der Waals surface area contributed by atoms with Crippen molar-refractivity contribution in [3.8, 4) is 0 Å². The molecule has 32 heavy (non-hydrogen) atoms. The zero-order valence-electron chi connectivity index (χ0n) is 19.5. The molecule has 0 unspecified atom stereocenters. The van der Waals surface area contributed by atoms with Crippen LogP contribution in [0.3, 0.4) is 0 Å². The number of aryl methyl sites for hydroxylation is 1. The number of alkyl halides is 1. The summed E-state index contributed by atoms with van der Waals surface area (Å²) < 4.78 is 16.0. The lowest BCUT2D eigenvalue weighted by Gasteiger charge is -2.42. The van der Waals surface area contributed by atoms with Crippen molar-refractivity contribution in [2.24, 2.45) is 0 Å². The topological polar surface area (TPSA) is 78.4 Å². The summed E-state index contributed by atoms with van der Waals surface area (Å²) in [5.41, 5.74) is 1.02. The summed E-state index contributed by atoms with van der Waals surface area (Å²) in [5, 5.41) is 2.27. The zero-order chi connectivity index (χ0) is 23.5. The third kappa shape index (κ3) is 5.23. The molecule has 2 aromatic rings. The number of nitrogens with zero attached hydrogens (tertiary/aromatic N) is 4. The summed E-state index contributed by atoms with van der Waals surface area (Å²) in [7, 11) is 3.83. The Morgan fingerprint density at radius 1 is 1.25 bits per heavy atom. The zero-order valence-corrected chi connectivity index (χ0v) is 19.5. The van der Waals surface area contributed by atoms with Gasteiger partial charge in [0.2, 0.25) is 5.91 Å². The molecular weight excluding hydrogens is 409 g/mol. The highest BCUT2D eigenvalue weighted by molar-refractivity contribution is 5.90. The Morgan fingerprint density at radius 2 is 1.94 bits per heavy atom. The number of hydrogen-bond donors (Lipinski definition) is 1. The molecule has 0 spiro atoms. The van der Waals surface area contributed by atoms with Gasteiger partial charge >= 0.3 is 0 Å². The van der Waals surface area contributed by atoms with E-state index in [1.807, 2.05) is 45.0 Å². The molecule has 0 radical (unpaired) electrons. The van der Waals surface area contributed by atoms with Crippen LogP contribution in [0.2, 0.25) is 0 Å². The molecule has 1 saturated heterocycles. The first kappa shape index (κ1) is 23.6. The van der Waals surface area contributed by atoms with Crippen molar-refractivity contribution in [2.75, 3.05) is 32.1 Å². The summed E-state index contributed by atoms with van der Waals surface area (Å²) in [6, 6.07) is 10.8. The van der Waals surface area contributed by atoms with Crippen LogP contribution in [0, 0.1) is 6.92 Å². The highest BCUT2D eigenvalue weighted by atomic mass is 19.1. The molecule has 1 aromatic carbocycles. The van der Waals surface area contributed by atoms with Gasteiger partial charge in [0.25, 0.3) is 11.7 Å². The Bertz CT molecular complexity index is 984. The van der Waals surface area contributed by atoms with Gasteiger partial charge in [0.15, 0.2) is 0 Å². The molecule has 1 fully saturated rings. The molecule has 172 valence electrons. The van der Waals surface area contributed by atoms with Crippen molar-refractivity contribution >= 4 is 17.6 Å². The average molecular weight is 442 g/mol. The largest absolute Gasteiger partial charge is 0.363 e. The molecule has 0 aliphatic carbocycles. The van der Waals surface area contributed by atoms with Crippen molar-refractivity contribution in [1.82, 2.24) is 20.2 Å². The van der Waals surface area contributed by atoms with E-state index in [4.69, 9.17) is 0 Å². The van der Waals surface area contributed by atoms with Gasteiger partial charge in [0.05, 0.1) is 5.69 Å². The Labute approximate surface area is 189 Å². The minimum atomic E-state index is -2.51. The van der Waals surface area contributed by atoms with Crippen LogP contribution in [0.5, 0.6) is 0 Å². The summed E-state index contributed by atoms with van der Waals surface area (Å²) in [6.45, 7) is 5.85. The number of halogens is 1. The Morgan fingerprint density at radius 3 is 2.56 bits per heavy atom. The first-order chi connectivity index (χ1) is 15.0. The normalized spacial score (nSPS) is 20.4. The minimum absolute atomic E-state index is 0.225. The molecule has 2 heterocycles. The number of nitrogens with one attached hydrogen (secondary N) is 1. The fraction of sp³-hybridized carbons (Fsp3) is 0.500. The van der Waals surface area contributed by atoms with Crippen LogP contribution in [-0.2, 0) is 21.4 Å². The highest BCUT2D eigenvalue weighted by Gasteiger charge is 2.46. The second kappa shape index (κ2) is 9.22. The third-order valence-electron chi connectivity index (χ3n) is 5.89. The molecule has 2 atom stereocenters. The SMILES string of the molecule is CC(=O)N[C@@](F)(Cc1ccccc1)C(=O)N1CCC[C@](C)(c2cc(N(C)C)nc(C)n2)C1. The fourth-order valence-corrected chi connectivity index (χ4v) is 4.29. The van der Waals surface area contributed by atoms with E-state index >= 15 is 4.39 Å². The molecule has 1 aliphatic rings. The quantitative estimate of drug-likeness (QED) is 0.698. The molecular formula is C24H32FN5O2. The molecule has 2 amide bonds. The second-order valence-electron chi connectivity index (χ2n) is 9.09. The number of hydrogen-bond acceptors (Lipinski definition) is 5. The second-order valence-corrected chi connectivity index (χ2v) is 9.09. The van der Waals surface area contributed by atoms with Crippen molar-refractivity contribution < 1.29 is 14.0 Å². The smallest absolute Gasteiger partial charge is 0.281 e. The van der Waals surface area contributed by atoms with Gasteiger partial charge in [0, 0.05) is 52.0 Å². The van der Waals surface area contributed by atoms with Gasteiger partial charge in [-0.2, -0.15) is 0 Å². The predicted octanol–water partition coefficient (Wildman–Crippen LogP) is 2.78. The molecule has 1 N–H and O–H groups in total. The van der Waals surface area contributed by atoms with E-state index in [0.29, 0.717) is 30.9 Å². The Balaban J connectivity index is 1.89. The third-order valence-corrected chi connectivity index (χ3v) is 5.89. The van der Waals surface area contributed by atoms with Gasteiger partial charge in [-0.25, -0.2) is 14.4 Å².